The van der Waals surface area contributed by atoms with Gasteiger partial charge in [-0.1, -0.05) is 135 Å². The zero-order valence-electron chi connectivity index (χ0n) is 25.8. The Morgan fingerprint density at radius 2 is 1.02 bits per heavy atom. The van der Waals surface area contributed by atoms with E-state index in [-0.39, 0.29) is 5.91 Å². The maximum atomic E-state index is 12.9. The van der Waals surface area contributed by atoms with Crippen molar-refractivity contribution in [1.29, 1.82) is 0 Å². The van der Waals surface area contributed by atoms with E-state index in [1.165, 1.54) is 109 Å². The first kappa shape index (κ1) is 34.8. The van der Waals surface area contributed by atoms with E-state index in [0.717, 1.165) is 38.5 Å². The third kappa shape index (κ3) is 15.6. The van der Waals surface area contributed by atoms with Crippen LogP contribution in [0.5, 0.6) is 0 Å². The minimum absolute atomic E-state index is 0.00935. The van der Waals surface area contributed by atoms with E-state index in [4.69, 9.17) is 0 Å². The molecule has 1 N–H and O–H groups in total. The van der Waals surface area contributed by atoms with Gasteiger partial charge >= 0.3 is 0 Å². The molecule has 1 fully saturated rings. The summed E-state index contributed by atoms with van der Waals surface area (Å²) < 4.78 is 27.4. The van der Waals surface area contributed by atoms with E-state index in [1.807, 2.05) is 0 Å². The van der Waals surface area contributed by atoms with E-state index in [2.05, 4.69) is 12.2 Å². The van der Waals surface area contributed by atoms with Gasteiger partial charge in [-0.05, 0) is 43.5 Å². The van der Waals surface area contributed by atoms with Crippen molar-refractivity contribution in [2.45, 2.75) is 166 Å². The number of anilines is 1. The maximum absolute atomic E-state index is 12.9. The molecule has 0 aromatic heterocycles. The van der Waals surface area contributed by atoms with Gasteiger partial charge in [-0.25, -0.2) is 8.42 Å². The third-order valence-electron chi connectivity index (χ3n) is 8.35. The number of hydrogen-bond donors (Lipinski definition) is 1. The van der Waals surface area contributed by atoms with E-state index in [1.54, 1.807) is 28.6 Å². The van der Waals surface area contributed by atoms with Crippen LogP contribution < -0.4 is 5.32 Å². The largest absolute Gasteiger partial charge is 0.326 e. The van der Waals surface area contributed by atoms with E-state index >= 15 is 0 Å². The lowest BCUT2D eigenvalue weighted by atomic mass is 10.0. The number of hydrogen-bond acceptors (Lipinski definition) is 3. The molecule has 1 aliphatic rings. The van der Waals surface area contributed by atoms with Crippen LogP contribution in [0.15, 0.2) is 29.2 Å². The predicted molar refractivity (Wildman–Crippen MR) is 170 cm³/mol. The molecular weight excluding hydrogens is 516 g/mol. The number of nitrogens with zero attached hydrogens (tertiary/aromatic N) is 1. The number of carbonyl (C=O) groups is 1. The summed E-state index contributed by atoms with van der Waals surface area (Å²) in [6.45, 7) is 3.48. The van der Waals surface area contributed by atoms with Gasteiger partial charge in [0, 0.05) is 25.2 Å². The molecule has 1 aliphatic heterocycles. The summed E-state index contributed by atoms with van der Waals surface area (Å²) in [5.41, 5.74) is 0.664. The second-order valence-corrected chi connectivity index (χ2v) is 13.9. The molecule has 1 aromatic carbocycles. The van der Waals surface area contributed by atoms with Gasteiger partial charge in [0.1, 0.15) is 0 Å². The summed E-state index contributed by atoms with van der Waals surface area (Å²) in [5, 5.41) is 2.92. The summed E-state index contributed by atoms with van der Waals surface area (Å²) in [6, 6.07) is 6.65. The lowest BCUT2D eigenvalue weighted by molar-refractivity contribution is -0.116. The molecule has 1 amide bonds. The Labute approximate surface area is 247 Å². The molecule has 0 atom stereocenters. The Balaban J connectivity index is 1.41. The number of amides is 1. The van der Waals surface area contributed by atoms with Crippen molar-refractivity contribution in [3.8, 4) is 0 Å². The van der Waals surface area contributed by atoms with Crippen LogP contribution in [-0.2, 0) is 14.8 Å². The lowest BCUT2D eigenvalue weighted by Gasteiger charge is -2.20. The number of rotatable bonds is 23. The molecular formula is C34H60N2O3S. The lowest BCUT2D eigenvalue weighted by Crippen LogP contribution is -2.31. The summed E-state index contributed by atoms with van der Waals surface area (Å²) >= 11 is 0. The highest BCUT2D eigenvalue weighted by atomic mass is 32.2. The van der Waals surface area contributed by atoms with Crippen LogP contribution in [0.4, 0.5) is 5.69 Å². The summed E-state index contributed by atoms with van der Waals surface area (Å²) in [7, 11) is -3.45. The van der Waals surface area contributed by atoms with Gasteiger partial charge in [0.05, 0.1) is 4.90 Å². The second kappa shape index (κ2) is 22.2. The Kier molecular flexibility index (Phi) is 19.3. The predicted octanol–water partition coefficient (Wildman–Crippen LogP) is 10.0. The van der Waals surface area contributed by atoms with Crippen molar-refractivity contribution in [3.05, 3.63) is 24.3 Å². The van der Waals surface area contributed by atoms with Crippen LogP contribution in [0, 0.1) is 0 Å². The number of sulfonamides is 1. The van der Waals surface area contributed by atoms with Crippen LogP contribution in [0.25, 0.3) is 0 Å². The minimum atomic E-state index is -3.45. The summed E-state index contributed by atoms with van der Waals surface area (Å²) in [6.07, 6.45) is 30.1. The molecule has 0 unspecified atom stereocenters. The van der Waals surface area contributed by atoms with Gasteiger partial charge in [-0.3, -0.25) is 4.79 Å². The molecule has 0 saturated carbocycles. The fourth-order valence-electron chi connectivity index (χ4n) is 5.73. The second-order valence-electron chi connectivity index (χ2n) is 12.0. The molecule has 1 aromatic rings. The van der Waals surface area contributed by atoms with Crippen molar-refractivity contribution in [3.63, 3.8) is 0 Å². The molecule has 0 bridgehead atoms. The molecule has 230 valence electrons. The number of nitrogens with one attached hydrogen (secondary N) is 1. The molecule has 5 nitrogen and oxygen atoms in total. The molecule has 6 heteroatoms. The first-order valence-corrected chi connectivity index (χ1v) is 18.4. The highest BCUT2D eigenvalue weighted by Crippen LogP contribution is 2.22. The standard InChI is InChI=1S/C34H60N2O3S/c1-2-3-4-5-6-7-8-9-10-11-12-13-14-15-16-17-18-19-22-25-34(37)35-32-26-28-33(29-27-32)40(38,39)36-30-23-20-21-24-31-36/h26-29H,2-25,30-31H2,1H3,(H,35,37). The highest BCUT2D eigenvalue weighted by molar-refractivity contribution is 7.89. The minimum Gasteiger partial charge on any atom is -0.326 e. The Hall–Kier alpha value is -1.40. The molecule has 40 heavy (non-hydrogen) atoms. The molecule has 1 saturated heterocycles. The van der Waals surface area contributed by atoms with E-state index in [9.17, 15) is 13.2 Å². The Morgan fingerprint density at radius 3 is 1.45 bits per heavy atom. The monoisotopic (exact) mass is 576 g/mol. The van der Waals surface area contributed by atoms with Crippen molar-refractivity contribution in [2.24, 2.45) is 0 Å². The van der Waals surface area contributed by atoms with Crippen LogP contribution in [0.2, 0.25) is 0 Å². The summed E-state index contributed by atoms with van der Waals surface area (Å²) in [5.74, 6) is 0.00935. The fourth-order valence-corrected chi connectivity index (χ4v) is 7.25. The molecule has 0 aliphatic carbocycles. The Morgan fingerprint density at radius 1 is 0.625 bits per heavy atom. The molecule has 2 rings (SSSR count). The third-order valence-corrected chi connectivity index (χ3v) is 10.3. The first-order valence-electron chi connectivity index (χ1n) is 16.9. The maximum Gasteiger partial charge on any atom is 0.243 e. The quantitative estimate of drug-likeness (QED) is 0.132. The topological polar surface area (TPSA) is 66.5 Å². The average Bonchev–Trinajstić information content (AvgIpc) is 3.25. The average molecular weight is 577 g/mol. The Bertz CT molecular complexity index is 862. The SMILES string of the molecule is CCCCCCCCCCCCCCCCCCCCCC(=O)Nc1ccc(S(=O)(=O)N2CCCCCC2)cc1. The van der Waals surface area contributed by atoms with Gasteiger partial charge in [-0.2, -0.15) is 4.31 Å². The first-order chi connectivity index (χ1) is 19.5. The fraction of sp³-hybridized carbons (Fsp3) is 0.794. The van der Waals surface area contributed by atoms with Crippen molar-refractivity contribution in [2.75, 3.05) is 18.4 Å². The smallest absolute Gasteiger partial charge is 0.243 e. The van der Waals surface area contributed by atoms with Crippen molar-refractivity contribution < 1.29 is 13.2 Å². The van der Waals surface area contributed by atoms with Gasteiger partial charge in [-0.15, -0.1) is 0 Å². The summed E-state index contributed by atoms with van der Waals surface area (Å²) in [4.78, 5) is 12.6. The van der Waals surface area contributed by atoms with Crippen LogP contribution in [0.3, 0.4) is 0 Å². The van der Waals surface area contributed by atoms with Crippen molar-refractivity contribution in [1.82, 2.24) is 4.31 Å². The van der Waals surface area contributed by atoms with Crippen molar-refractivity contribution >= 4 is 21.6 Å². The molecule has 0 radical (unpaired) electrons. The normalized spacial score (nSPS) is 14.7. The van der Waals surface area contributed by atoms with Gasteiger partial charge in [0.2, 0.25) is 15.9 Å². The molecule has 1 heterocycles. The number of carbonyl (C=O) groups excluding carboxylic acids is 1. The van der Waals surface area contributed by atoms with E-state index in [0.29, 0.717) is 30.1 Å². The van der Waals surface area contributed by atoms with Gasteiger partial charge in [0.15, 0.2) is 0 Å². The number of benzene rings is 1. The van der Waals surface area contributed by atoms with Gasteiger partial charge in [0.25, 0.3) is 0 Å². The zero-order valence-corrected chi connectivity index (χ0v) is 26.6. The van der Waals surface area contributed by atoms with Crippen LogP contribution in [0.1, 0.15) is 161 Å². The zero-order chi connectivity index (χ0) is 28.7. The van der Waals surface area contributed by atoms with Crippen LogP contribution in [-0.4, -0.2) is 31.7 Å². The van der Waals surface area contributed by atoms with Crippen LogP contribution >= 0.6 is 0 Å². The highest BCUT2D eigenvalue weighted by Gasteiger charge is 2.25. The number of unbranched alkanes of at least 4 members (excludes halogenated alkanes) is 18. The van der Waals surface area contributed by atoms with E-state index < -0.39 is 10.0 Å². The van der Waals surface area contributed by atoms with Gasteiger partial charge < -0.3 is 5.32 Å². The molecule has 0 spiro atoms.